The molecule has 0 aliphatic carbocycles. The summed E-state index contributed by atoms with van der Waals surface area (Å²) < 4.78 is 11.8. The Labute approximate surface area is 127 Å². The first-order valence-electron chi connectivity index (χ1n) is 8.00. The summed E-state index contributed by atoms with van der Waals surface area (Å²) in [6.07, 6.45) is 2.34. The minimum atomic E-state index is 0.126. The van der Waals surface area contributed by atoms with Gasteiger partial charge in [-0.1, -0.05) is 39.0 Å². The van der Waals surface area contributed by atoms with E-state index in [1.165, 1.54) is 6.42 Å². The highest BCUT2D eigenvalue weighted by Crippen LogP contribution is 2.24. The van der Waals surface area contributed by atoms with E-state index in [9.17, 15) is 0 Å². The van der Waals surface area contributed by atoms with Crippen molar-refractivity contribution in [2.45, 2.75) is 39.7 Å². The van der Waals surface area contributed by atoms with Gasteiger partial charge in [0.15, 0.2) is 0 Å². The Morgan fingerprint density at radius 1 is 1.24 bits per heavy atom. The molecule has 1 aromatic carbocycles. The van der Waals surface area contributed by atoms with Crippen molar-refractivity contribution in [3.05, 3.63) is 36.1 Å². The van der Waals surface area contributed by atoms with Crippen LogP contribution in [0.1, 0.15) is 45.4 Å². The third kappa shape index (κ3) is 4.87. The summed E-state index contributed by atoms with van der Waals surface area (Å²) in [5.74, 6) is 1.70. The number of rotatable bonds is 9. The molecule has 2 aromatic rings. The molecule has 2 rings (SSSR count). The number of hydrogen-bond donors (Lipinski definition) is 1. The third-order valence-corrected chi connectivity index (χ3v) is 3.59. The minimum absolute atomic E-state index is 0.126. The van der Waals surface area contributed by atoms with E-state index >= 15 is 0 Å². The Kier molecular flexibility index (Phi) is 6.27. The van der Waals surface area contributed by atoms with E-state index in [-0.39, 0.29) is 6.04 Å². The van der Waals surface area contributed by atoms with Crippen molar-refractivity contribution >= 4 is 11.0 Å². The van der Waals surface area contributed by atoms with E-state index in [4.69, 9.17) is 9.15 Å². The Balaban J connectivity index is 1.91. The third-order valence-electron chi connectivity index (χ3n) is 3.59. The fourth-order valence-electron chi connectivity index (χ4n) is 2.46. The van der Waals surface area contributed by atoms with E-state index in [1.807, 2.05) is 18.2 Å². The van der Waals surface area contributed by atoms with Crippen molar-refractivity contribution in [1.29, 1.82) is 0 Å². The number of para-hydroxylation sites is 1. The van der Waals surface area contributed by atoms with E-state index in [0.29, 0.717) is 6.61 Å². The lowest BCUT2D eigenvalue weighted by Crippen LogP contribution is -2.25. The molecule has 0 saturated carbocycles. The molecule has 0 fully saturated rings. The van der Waals surface area contributed by atoms with E-state index < -0.39 is 0 Å². The lowest BCUT2D eigenvalue weighted by molar-refractivity contribution is 0.101. The molecule has 0 spiro atoms. The second kappa shape index (κ2) is 8.20. The molecule has 1 atom stereocenters. The number of hydrogen-bond acceptors (Lipinski definition) is 3. The molecule has 3 nitrogen and oxygen atoms in total. The SMILES string of the molecule is CCNC(COCCCC(C)C)c1cc2ccccc2o1. The highest BCUT2D eigenvalue weighted by atomic mass is 16.5. The van der Waals surface area contributed by atoms with Crippen LogP contribution in [0.25, 0.3) is 11.0 Å². The van der Waals surface area contributed by atoms with Gasteiger partial charge < -0.3 is 14.5 Å². The normalized spacial score (nSPS) is 13.1. The number of ether oxygens (including phenoxy) is 1. The maximum absolute atomic E-state index is 5.94. The van der Waals surface area contributed by atoms with Crippen molar-refractivity contribution in [1.82, 2.24) is 5.32 Å². The quantitative estimate of drug-likeness (QED) is 0.688. The smallest absolute Gasteiger partial charge is 0.134 e. The van der Waals surface area contributed by atoms with Crippen LogP contribution in [0.2, 0.25) is 0 Å². The van der Waals surface area contributed by atoms with Crippen LogP contribution in [0.4, 0.5) is 0 Å². The topological polar surface area (TPSA) is 34.4 Å². The fourth-order valence-corrected chi connectivity index (χ4v) is 2.46. The molecule has 116 valence electrons. The predicted octanol–water partition coefficient (Wildman–Crippen LogP) is 4.54. The number of likely N-dealkylation sites (N-methyl/N-ethyl adjacent to an activating group) is 1. The van der Waals surface area contributed by atoms with Crippen molar-refractivity contribution in [3.8, 4) is 0 Å². The molecule has 1 heterocycles. The van der Waals surface area contributed by atoms with Gasteiger partial charge in [-0.15, -0.1) is 0 Å². The van der Waals surface area contributed by atoms with Crippen molar-refractivity contribution < 1.29 is 9.15 Å². The van der Waals surface area contributed by atoms with Crippen molar-refractivity contribution in [2.24, 2.45) is 5.92 Å². The van der Waals surface area contributed by atoms with Crippen LogP contribution in [0.15, 0.2) is 34.7 Å². The summed E-state index contributed by atoms with van der Waals surface area (Å²) in [7, 11) is 0. The molecule has 21 heavy (non-hydrogen) atoms. The number of nitrogens with one attached hydrogen (secondary N) is 1. The first-order chi connectivity index (χ1) is 10.2. The van der Waals surface area contributed by atoms with Gasteiger partial charge in [-0.25, -0.2) is 0 Å². The zero-order valence-corrected chi connectivity index (χ0v) is 13.4. The van der Waals surface area contributed by atoms with Crippen LogP contribution < -0.4 is 5.32 Å². The maximum Gasteiger partial charge on any atom is 0.134 e. The number of furan rings is 1. The number of fused-ring (bicyclic) bond motifs is 1. The van der Waals surface area contributed by atoms with Gasteiger partial charge in [0.05, 0.1) is 12.6 Å². The molecule has 1 unspecified atom stereocenters. The summed E-state index contributed by atoms with van der Waals surface area (Å²) in [5, 5.41) is 4.59. The zero-order valence-electron chi connectivity index (χ0n) is 13.4. The highest BCUT2D eigenvalue weighted by molar-refractivity contribution is 5.77. The lowest BCUT2D eigenvalue weighted by atomic mass is 10.1. The van der Waals surface area contributed by atoms with Crippen LogP contribution in [-0.4, -0.2) is 19.8 Å². The Morgan fingerprint density at radius 2 is 2.05 bits per heavy atom. The fraction of sp³-hybridized carbons (Fsp3) is 0.556. The molecule has 0 aliphatic heterocycles. The molecule has 0 aliphatic rings. The van der Waals surface area contributed by atoms with Crippen molar-refractivity contribution in [3.63, 3.8) is 0 Å². The number of benzene rings is 1. The van der Waals surface area contributed by atoms with Crippen LogP contribution in [0.5, 0.6) is 0 Å². The molecule has 0 saturated heterocycles. The first-order valence-corrected chi connectivity index (χ1v) is 8.00. The van der Waals surface area contributed by atoms with Crippen LogP contribution >= 0.6 is 0 Å². The van der Waals surface area contributed by atoms with Crippen LogP contribution in [0.3, 0.4) is 0 Å². The molecule has 0 bridgehead atoms. The van der Waals surface area contributed by atoms with Gasteiger partial charge in [-0.05, 0) is 37.4 Å². The van der Waals surface area contributed by atoms with Gasteiger partial charge in [0.25, 0.3) is 0 Å². The van der Waals surface area contributed by atoms with E-state index in [1.54, 1.807) is 0 Å². The second-order valence-corrected chi connectivity index (χ2v) is 5.91. The van der Waals surface area contributed by atoms with Crippen molar-refractivity contribution in [2.75, 3.05) is 19.8 Å². The summed E-state index contributed by atoms with van der Waals surface area (Å²) in [5.41, 5.74) is 0.940. The average molecular weight is 289 g/mol. The summed E-state index contributed by atoms with van der Waals surface area (Å²) in [4.78, 5) is 0. The van der Waals surface area contributed by atoms with E-state index in [0.717, 1.165) is 42.2 Å². The standard InChI is InChI=1S/C18H27NO2/c1-4-19-16(13-20-11-7-8-14(2)3)18-12-15-9-5-6-10-17(15)21-18/h5-6,9-10,12,14,16,19H,4,7-8,11,13H2,1-3H3. The molecule has 0 amide bonds. The zero-order chi connectivity index (χ0) is 15.1. The minimum Gasteiger partial charge on any atom is -0.459 e. The van der Waals surface area contributed by atoms with E-state index in [2.05, 4.69) is 38.2 Å². The first kappa shape index (κ1) is 16.1. The summed E-state index contributed by atoms with van der Waals surface area (Å²) >= 11 is 0. The molecule has 1 aromatic heterocycles. The molecule has 3 heteroatoms. The lowest BCUT2D eigenvalue weighted by Gasteiger charge is -2.16. The van der Waals surface area contributed by atoms with Crippen LogP contribution in [0, 0.1) is 5.92 Å². The molecular weight excluding hydrogens is 262 g/mol. The summed E-state index contributed by atoms with van der Waals surface area (Å²) in [6, 6.07) is 10.4. The molecule has 0 radical (unpaired) electrons. The highest BCUT2D eigenvalue weighted by Gasteiger charge is 2.15. The Morgan fingerprint density at radius 3 is 2.76 bits per heavy atom. The molecule has 1 N–H and O–H groups in total. The Bertz CT molecular complexity index is 500. The molecular formula is C18H27NO2. The predicted molar refractivity (Wildman–Crippen MR) is 87.5 cm³/mol. The Hall–Kier alpha value is -1.32. The van der Waals surface area contributed by atoms with Gasteiger partial charge in [0.2, 0.25) is 0 Å². The van der Waals surface area contributed by atoms with Gasteiger partial charge in [0.1, 0.15) is 11.3 Å². The van der Waals surface area contributed by atoms with Gasteiger partial charge in [-0.3, -0.25) is 0 Å². The van der Waals surface area contributed by atoms with Gasteiger partial charge in [0, 0.05) is 12.0 Å². The summed E-state index contributed by atoms with van der Waals surface area (Å²) in [6.45, 7) is 8.98. The van der Waals surface area contributed by atoms with Gasteiger partial charge in [-0.2, -0.15) is 0 Å². The average Bonchev–Trinajstić information content (AvgIpc) is 2.89. The maximum atomic E-state index is 5.94. The monoisotopic (exact) mass is 289 g/mol. The second-order valence-electron chi connectivity index (χ2n) is 5.91. The largest absolute Gasteiger partial charge is 0.459 e. The van der Waals surface area contributed by atoms with Gasteiger partial charge >= 0.3 is 0 Å². The van der Waals surface area contributed by atoms with Crippen LogP contribution in [-0.2, 0) is 4.74 Å².